The van der Waals surface area contributed by atoms with Crippen LogP contribution in [0.5, 0.6) is 5.75 Å². The van der Waals surface area contributed by atoms with Crippen molar-refractivity contribution in [2.45, 2.75) is 19.9 Å². The molecule has 0 saturated carbocycles. The zero-order chi connectivity index (χ0) is 26.6. The molecule has 38 heavy (non-hydrogen) atoms. The average molecular weight is 536 g/mol. The highest BCUT2D eigenvalue weighted by atomic mass is 32.1. The second kappa shape index (κ2) is 11.2. The van der Waals surface area contributed by atoms with Crippen molar-refractivity contribution in [2.24, 2.45) is 4.99 Å². The number of esters is 1. The Labute approximate surface area is 223 Å². The number of allylic oxidation sites excluding steroid dienone is 1. The number of carbonyl (C=O) groups excluding carboxylic acids is 1. The number of benzene rings is 1. The Morgan fingerprint density at radius 1 is 1.21 bits per heavy atom. The summed E-state index contributed by atoms with van der Waals surface area (Å²) >= 11 is 1.26. The molecule has 0 bridgehead atoms. The zero-order valence-electron chi connectivity index (χ0n) is 21.3. The summed E-state index contributed by atoms with van der Waals surface area (Å²) in [6.45, 7) is 10.6. The molecule has 3 aromatic rings. The molecule has 0 spiro atoms. The number of rotatable bonds is 8. The maximum absolute atomic E-state index is 13.8. The Morgan fingerprint density at radius 2 is 1.97 bits per heavy atom. The van der Waals surface area contributed by atoms with Crippen molar-refractivity contribution >= 4 is 29.3 Å². The van der Waals surface area contributed by atoms with E-state index in [1.54, 1.807) is 30.6 Å². The molecule has 1 fully saturated rings. The van der Waals surface area contributed by atoms with Crippen LogP contribution < -0.4 is 24.5 Å². The smallest absolute Gasteiger partial charge is 0.338 e. The van der Waals surface area contributed by atoms with Gasteiger partial charge < -0.3 is 23.5 Å². The van der Waals surface area contributed by atoms with Crippen molar-refractivity contribution in [1.29, 1.82) is 0 Å². The Balaban J connectivity index is 1.57. The lowest BCUT2D eigenvalue weighted by Gasteiger charge is -2.26. The molecule has 2 aliphatic heterocycles. The van der Waals surface area contributed by atoms with Crippen LogP contribution in [0.2, 0.25) is 0 Å². The van der Waals surface area contributed by atoms with Crippen LogP contribution in [0.1, 0.15) is 31.2 Å². The van der Waals surface area contributed by atoms with Crippen molar-refractivity contribution in [1.82, 2.24) is 4.57 Å². The van der Waals surface area contributed by atoms with E-state index < -0.39 is 12.0 Å². The number of furan rings is 1. The predicted molar refractivity (Wildman–Crippen MR) is 144 cm³/mol. The first-order valence-corrected chi connectivity index (χ1v) is 13.3. The lowest BCUT2D eigenvalue weighted by molar-refractivity contribution is -0.139. The average Bonchev–Trinajstić information content (AvgIpc) is 3.52. The highest BCUT2D eigenvalue weighted by molar-refractivity contribution is 7.07. The van der Waals surface area contributed by atoms with Crippen LogP contribution >= 0.6 is 11.3 Å². The van der Waals surface area contributed by atoms with Gasteiger partial charge in [-0.2, -0.15) is 0 Å². The Bertz CT molecular complexity index is 1540. The second-order valence-corrected chi connectivity index (χ2v) is 9.76. The van der Waals surface area contributed by atoms with Gasteiger partial charge in [0.15, 0.2) is 10.7 Å². The monoisotopic (exact) mass is 535 g/mol. The van der Waals surface area contributed by atoms with E-state index in [0.717, 1.165) is 24.5 Å². The Morgan fingerprint density at radius 3 is 2.68 bits per heavy atom. The minimum atomic E-state index is -0.693. The normalized spacial score (nSPS) is 17.7. The summed E-state index contributed by atoms with van der Waals surface area (Å²) in [5.41, 5.74) is 1.33. The number of nitrogens with zero attached hydrogens (tertiary/aromatic N) is 3. The summed E-state index contributed by atoms with van der Waals surface area (Å²) < 4.78 is 24.4. The van der Waals surface area contributed by atoms with E-state index in [4.69, 9.17) is 18.6 Å². The van der Waals surface area contributed by atoms with E-state index in [2.05, 4.69) is 16.5 Å². The van der Waals surface area contributed by atoms with E-state index in [-0.39, 0.29) is 12.2 Å². The number of hydrogen-bond donors (Lipinski definition) is 0. The first-order chi connectivity index (χ1) is 18.5. The number of aromatic nitrogens is 1. The van der Waals surface area contributed by atoms with Crippen molar-refractivity contribution in [3.8, 4) is 5.75 Å². The molecular weight excluding hydrogens is 506 g/mol. The fourth-order valence-corrected chi connectivity index (χ4v) is 5.54. The third-order valence-electron chi connectivity index (χ3n) is 6.29. The SMILES string of the molecule is C=CCOc1ccc([C@@H]2C(C(=O)OCC)=C(C)N=c3s/c(=C\c4ccc(N5CCOCC5)o4)c(=O)n32)cc1. The minimum absolute atomic E-state index is 0.213. The summed E-state index contributed by atoms with van der Waals surface area (Å²) in [5, 5.41) is 0. The maximum atomic E-state index is 13.8. The molecule has 0 N–H and O–H groups in total. The van der Waals surface area contributed by atoms with Gasteiger partial charge >= 0.3 is 5.97 Å². The molecule has 1 atom stereocenters. The van der Waals surface area contributed by atoms with E-state index in [1.165, 1.54) is 11.3 Å². The van der Waals surface area contributed by atoms with Crippen LogP contribution in [0, 0.1) is 0 Å². The van der Waals surface area contributed by atoms with Gasteiger partial charge in [0.1, 0.15) is 18.1 Å². The Hall–Kier alpha value is -3.89. The van der Waals surface area contributed by atoms with Gasteiger partial charge in [-0.25, -0.2) is 9.79 Å². The van der Waals surface area contributed by atoms with Gasteiger partial charge in [0, 0.05) is 25.2 Å². The number of ether oxygens (including phenoxy) is 3. The number of morpholine rings is 1. The Kier molecular flexibility index (Phi) is 7.62. The third-order valence-corrected chi connectivity index (χ3v) is 7.27. The largest absolute Gasteiger partial charge is 0.490 e. The van der Waals surface area contributed by atoms with Gasteiger partial charge in [0.25, 0.3) is 5.56 Å². The summed E-state index contributed by atoms with van der Waals surface area (Å²) in [7, 11) is 0. The van der Waals surface area contributed by atoms with Crippen LogP contribution in [0.4, 0.5) is 5.88 Å². The molecule has 1 saturated heterocycles. The van der Waals surface area contributed by atoms with Gasteiger partial charge in [-0.3, -0.25) is 9.36 Å². The summed E-state index contributed by atoms with van der Waals surface area (Å²) in [5.74, 6) is 1.47. The van der Waals surface area contributed by atoms with E-state index in [1.807, 2.05) is 36.4 Å². The van der Waals surface area contributed by atoms with Crippen LogP contribution in [-0.4, -0.2) is 50.1 Å². The second-order valence-electron chi connectivity index (χ2n) is 8.75. The molecule has 10 heteroatoms. The van der Waals surface area contributed by atoms with Gasteiger partial charge in [0.2, 0.25) is 0 Å². The summed E-state index contributed by atoms with van der Waals surface area (Å²) in [4.78, 5) is 34.0. The highest BCUT2D eigenvalue weighted by Crippen LogP contribution is 2.31. The quantitative estimate of drug-likeness (QED) is 0.323. The van der Waals surface area contributed by atoms with E-state index in [9.17, 15) is 9.59 Å². The number of anilines is 1. The molecular formula is C28H29N3O6S. The van der Waals surface area contributed by atoms with Crippen LogP contribution in [0.15, 0.2) is 74.5 Å². The van der Waals surface area contributed by atoms with Crippen molar-refractivity contribution in [2.75, 3.05) is 44.4 Å². The first kappa shape index (κ1) is 25.7. The molecule has 2 aliphatic rings. The number of thiazole rings is 1. The number of hydrogen-bond acceptors (Lipinski definition) is 9. The topological polar surface area (TPSA) is 95.5 Å². The number of fused-ring (bicyclic) bond motifs is 1. The fraction of sp³-hybridized carbons (Fsp3) is 0.321. The zero-order valence-corrected chi connectivity index (χ0v) is 22.2. The molecule has 5 rings (SSSR count). The standard InChI is InChI=1S/C28H29N3O6S/c1-4-14-36-20-8-6-19(7-9-20)25-24(27(33)35-5-2)18(3)29-28-31(25)26(32)22(38-28)17-21-10-11-23(37-21)30-12-15-34-16-13-30/h4,6-11,17,25H,1,5,12-16H2,2-3H3/b22-17-/t25-/m1/s1. The molecule has 2 aromatic heterocycles. The van der Waals surface area contributed by atoms with Crippen molar-refractivity contribution in [3.63, 3.8) is 0 Å². The molecule has 0 amide bonds. The van der Waals surface area contributed by atoms with Crippen LogP contribution in [-0.2, 0) is 14.3 Å². The van der Waals surface area contributed by atoms with Crippen LogP contribution in [0.3, 0.4) is 0 Å². The summed E-state index contributed by atoms with van der Waals surface area (Å²) in [6, 6.07) is 10.4. The lowest BCUT2D eigenvalue weighted by atomic mass is 9.96. The predicted octanol–water partition coefficient (Wildman–Crippen LogP) is 2.79. The molecule has 198 valence electrons. The molecule has 0 radical (unpaired) electrons. The molecule has 0 unspecified atom stereocenters. The first-order valence-electron chi connectivity index (χ1n) is 12.5. The minimum Gasteiger partial charge on any atom is -0.490 e. The van der Waals surface area contributed by atoms with E-state index in [0.29, 0.717) is 51.9 Å². The molecule has 9 nitrogen and oxygen atoms in total. The van der Waals surface area contributed by atoms with Gasteiger partial charge in [-0.05, 0) is 37.6 Å². The lowest BCUT2D eigenvalue weighted by Crippen LogP contribution is -2.39. The molecule has 1 aromatic carbocycles. The molecule has 4 heterocycles. The van der Waals surface area contributed by atoms with Crippen LogP contribution in [0.25, 0.3) is 6.08 Å². The number of carbonyl (C=O) groups is 1. The van der Waals surface area contributed by atoms with Gasteiger partial charge in [-0.1, -0.05) is 36.1 Å². The maximum Gasteiger partial charge on any atom is 0.338 e. The van der Waals surface area contributed by atoms with Crippen molar-refractivity contribution in [3.05, 3.63) is 91.3 Å². The van der Waals surface area contributed by atoms with Gasteiger partial charge in [-0.15, -0.1) is 0 Å². The highest BCUT2D eigenvalue weighted by Gasteiger charge is 2.33. The van der Waals surface area contributed by atoms with Crippen molar-refractivity contribution < 1.29 is 23.4 Å². The fourth-order valence-electron chi connectivity index (χ4n) is 4.51. The third kappa shape index (κ3) is 5.09. The molecule has 0 aliphatic carbocycles. The summed E-state index contributed by atoms with van der Waals surface area (Å²) in [6.07, 6.45) is 3.39. The van der Waals surface area contributed by atoms with E-state index >= 15 is 0 Å². The van der Waals surface area contributed by atoms with Gasteiger partial charge in [0.05, 0.1) is 41.7 Å².